The van der Waals surface area contributed by atoms with Gasteiger partial charge in [0, 0.05) is 12.1 Å². The number of aromatic nitrogens is 2. The van der Waals surface area contributed by atoms with Crippen LogP contribution < -0.4 is 15.2 Å². The van der Waals surface area contributed by atoms with Crippen molar-refractivity contribution in [2.75, 3.05) is 25.6 Å². The lowest BCUT2D eigenvalue weighted by Gasteiger charge is -2.18. The fourth-order valence-electron chi connectivity index (χ4n) is 2.18. The molecule has 0 aliphatic carbocycles. The minimum absolute atomic E-state index is 0.0236. The van der Waals surface area contributed by atoms with Gasteiger partial charge in [-0.15, -0.1) is 0 Å². The summed E-state index contributed by atoms with van der Waals surface area (Å²) in [5.74, 6) is 1.18. The van der Waals surface area contributed by atoms with Crippen LogP contribution in [-0.4, -0.2) is 35.3 Å². The van der Waals surface area contributed by atoms with Gasteiger partial charge in [0.1, 0.15) is 19.8 Å². The van der Waals surface area contributed by atoms with Crippen LogP contribution in [0.25, 0.3) is 11.0 Å². The van der Waals surface area contributed by atoms with Gasteiger partial charge in [-0.25, -0.2) is 4.98 Å². The molecule has 2 heterocycles. The van der Waals surface area contributed by atoms with Gasteiger partial charge in [0.2, 0.25) is 5.95 Å². The first-order chi connectivity index (χ1) is 9.69. The van der Waals surface area contributed by atoms with Crippen LogP contribution in [0.2, 0.25) is 0 Å². The highest BCUT2D eigenvalue weighted by atomic mass is 16.6. The lowest BCUT2D eigenvalue weighted by atomic mass is 10.2. The van der Waals surface area contributed by atoms with E-state index < -0.39 is 0 Å². The van der Waals surface area contributed by atoms with Crippen LogP contribution in [0.1, 0.15) is 6.92 Å². The normalized spacial score (nSPS) is 13.4. The van der Waals surface area contributed by atoms with Crippen molar-refractivity contribution in [1.82, 2.24) is 9.55 Å². The summed E-state index contributed by atoms with van der Waals surface area (Å²) in [6.07, 6.45) is 0. The third kappa shape index (κ3) is 2.11. The van der Waals surface area contributed by atoms with Gasteiger partial charge in [0.25, 0.3) is 0 Å². The molecule has 1 aliphatic heterocycles. The highest BCUT2D eigenvalue weighted by Crippen LogP contribution is 2.35. The zero-order chi connectivity index (χ0) is 14.1. The van der Waals surface area contributed by atoms with E-state index in [0.717, 1.165) is 5.52 Å². The summed E-state index contributed by atoms with van der Waals surface area (Å²) in [4.78, 5) is 15.8. The second kappa shape index (κ2) is 4.92. The highest BCUT2D eigenvalue weighted by Gasteiger charge is 2.18. The Morgan fingerprint density at radius 2 is 2.10 bits per heavy atom. The zero-order valence-electron chi connectivity index (χ0n) is 11.1. The molecule has 1 aromatic carbocycles. The number of carbonyl (C=O) groups excluding carboxylic acids is 1. The lowest BCUT2D eigenvalue weighted by molar-refractivity contribution is -0.143. The Bertz CT molecular complexity index is 665. The number of esters is 1. The quantitative estimate of drug-likeness (QED) is 0.840. The van der Waals surface area contributed by atoms with E-state index in [2.05, 4.69) is 4.98 Å². The van der Waals surface area contributed by atoms with Crippen molar-refractivity contribution < 1.29 is 19.0 Å². The second-order valence-corrected chi connectivity index (χ2v) is 4.35. The molecule has 0 bridgehead atoms. The fraction of sp³-hybridized carbons (Fsp3) is 0.385. The third-order valence-corrected chi connectivity index (χ3v) is 3.03. The SMILES string of the molecule is CCOC(=O)Cn1c(N)nc2cc3c(cc21)OCCO3. The molecule has 3 rings (SSSR count). The Morgan fingerprint density at radius 3 is 2.80 bits per heavy atom. The Hall–Kier alpha value is -2.44. The molecule has 0 amide bonds. The average molecular weight is 277 g/mol. The molecule has 2 N–H and O–H groups in total. The average Bonchev–Trinajstić information content (AvgIpc) is 2.72. The van der Waals surface area contributed by atoms with E-state index in [-0.39, 0.29) is 18.5 Å². The summed E-state index contributed by atoms with van der Waals surface area (Å²) in [7, 11) is 0. The monoisotopic (exact) mass is 277 g/mol. The number of imidazole rings is 1. The molecule has 1 aliphatic rings. The number of benzene rings is 1. The molecule has 0 unspecified atom stereocenters. The smallest absolute Gasteiger partial charge is 0.326 e. The van der Waals surface area contributed by atoms with Gasteiger partial charge in [-0.3, -0.25) is 9.36 Å². The second-order valence-electron chi connectivity index (χ2n) is 4.35. The van der Waals surface area contributed by atoms with Crippen molar-refractivity contribution in [2.45, 2.75) is 13.5 Å². The van der Waals surface area contributed by atoms with Crippen molar-refractivity contribution in [1.29, 1.82) is 0 Å². The Balaban J connectivity index is 2.03. The molecule has 7 heteroatoms. The first-order valence-corrected chi connectivity index (χ1v) is 6.40. The van der Waals surface area contributed by atoms with Crippen LogP contribution in [0.5, 0.6) is 11.5 Å². The summed E-state index contributed by atoms with van der Waals surface area (Å²) in [5.41, 5.74) is 7.24. The van der Waals surface area contributed by atoms with Crippen molar-refractivity contribution >= 4 is 23.0 Å². The summed E-state index contributed by atoms with van der Waals surface area (Å²) in [6.45, 7) is 3.12. The Kier molecular flexibility index (Phi) is 3.09. The van der Waals surface area contributed by atoms with Gasteiger partial charge in [0.05, 0.1) is 17.6 Å². The molecule has 2 aromatic rings. The standard InChI is InChI=1S/C13H15N3O4/c1-2-18-12(17)7-16-9-6-11-10(19-3-4-20-11)5-8(9)15-13(16)14/h5-6H,2-4,7H2,1H3,(H2,14,15). The number of carbonyl (C=O) groups is 1. The first kappa shape index (κ1) is 12.6. The predicted octanol–water partition coefficient (Wildman–Crippen LogP) is 0.953. The van der Waals surface area contributed by atoms with Crippen molar-refractivity contribution in [3.63, 3.8) is 0 Å². The molecule has 1 aromatic heterocycles. The van der Waals surface area contributed by atoms with E-state index in [1.54, 1.807) is 23.6 Å². The number of nitrogens with zero attached hydrogens (tertiary/aromatic N) is 2. The number of nitrogens with two attached hydrogens (primary N) is 1. The maximum Gasteiger partial charge on any atom is 0.326 e. The van der Waals surface area contributed by atoms with Crippen molar-refractivity contribution in [3.05, 3.63) is 12.1 Å². The molecule has 20 heavy (non-hydrogen) atoms. The van der Waals surface area contributed by atoms with E-state index in [4.69, 9.17) is 19.9 Å². The topological polar surface area (TPSA) is 88.6 Å². The van der Waals surface area contributed by atoms with E-state index >= 15 is 0 Å². The summed E-state index contributed by atoms with van der Waals surface area (Å²) < 4.78 is 17.6. The Morgan fingerprint density at radius 1 is 1.40 bits per heavy atom. The van der Waals surface area contributed by atoms with E-state index in [0.29, 0.717) is 36.8 Å². The zero-order valence-corrected chi connectivity index (χ0v) is 11.1. The molecule has 0 saturated carbocycles. The van der Waals surface area contributed by atoms with Crippen molar-refractivity contribution in [3.8, 4) is 11.5 Å². The Labute approximate surface area is 115 Å². The molecule has 0 atom stereocenters. The van der Waals surface area contributed by atoms with E-state index in [1.807, 2.05) is 0 Å². The first-order valence-electron chi connectivity index (χ1n) is 6.40. The molecular weight excluding hydrogens is 262 g/mol. The van der Waals surface area contributed by atoms with Crippen LogP contribution in [-0.2, 0) is 16.1 Å². The fourth-order valence-corrected chi connectivity index (χ4v) is 2.18. The third-order valence-electron chi connectivity index (χ3n) is 3.03. The van der Waals surface area contributed by atoms with Gasteiger partial charge in [0.15, 0.2) is 11.5 Å². The minimum Gasteiger partial charge on any atom is -0.486 e. The number of ether oxygens (including phenoxy) is 3. The number of hydrogen-bond donors (Lipinski definition) is 1. The molecular formula is C13H15N3O4. The molecule has 0 radical (unpaired) electrons. The predicted molar refractivity (Wildman–Crippen MR) is 71.8 cm³/mol. The summed E-state index contributed by atoms with van der Waals surface area (Å²) in [6, 6.07) is 3.55. The maximum atomic E-state index is 11.6. The minimum atomic E-state index is -0.353. The lowest BCUT2D eigenvalue weighted by Crippen LogP contribution is -2.16. The van der Waals surface area contributed by atoms with Gasteiger partial charge in [-0.1, -0.05) is 0 Å². The van der Waals surface area contributed by atoms with Gasteiger partial charge in [-0.05, 0) is 6.92 Å². The number of anilines is 1. The number of fused-ring (bicyclic) bond motifs is 2. The maximum absolute atomic E-state index is 11.6. The van der Waals surface area contributed by atoms with Crippen LogP contribution in [0.15, 0.2) is 12.1 Å². The number of hydrogen-bond acceptors (Lipinski definition) is 6. The highest BCUT2D eigenvalue weighted by molar-refractivity contribution is 5.84. The molecule has 0 spiro atoms. The number of nitrogen functional groups attached to an aromatic ring is 1. The van der Waals surface area contributed by atoms with Gasteiger partial charge in [-0.2, -0.15) is 0 Å². The largest absolute Gasteiger partial charge is 0.486 e. The number of rotatable bonds is 3. The molecule has 106 valence electrons. The van der Waals surface area contributed by atoms with E-state index in [9.17, 15) is 4.79 Å². The molecule has 0 saturated heterocycles. The molecule has 7 nitrogen and oxygen atoms in total. The molecule has 0 fully saturated rings. The van der Waals surface area contributed by atoms with Crippen LogP contribution in [0.3, 0.4) is 0 Å². The summed E-state index contributed by atoms with van der Waals surface area (Å²) >= 11 is 0. The van der Waals surface area contributed by atoms with E-state index in [1.165, 1.54) is 0 Å². The van der Waals surface area contributed by atoms with Crippen LogP contribution >= 0.6 is 0 Å². The van der Waals surface area contributed by atoms with Crippen LogP contribution in [0, 0.1) is 0 Å². The van der Waals surface area contributed by atoms with Gasteiger partial charge >= 0.3 is 5.97 Å². The van der Waals surface area contributed by atoms with Crippen LogP contribution in [0.4, 0.5) is 5.95 Å². The van der Waals surface area contributed by atoms with Crippen molar-refractivity contribution in [2.24, 2.45) is 0 Å². The summed E-state index contributed by atoms with van der Waals surface area (Å²) in [5, 5.41) is 0. The van der Waals surface area contributed by atoms with Gasteiger partial charge < -0.3 is 19.9 Å².